The zero-order chi connectivity index (χ0) is 28.1. The van der Waals surface area contributed by atoms with Crippen molar-refractivity contribution in [3.8, 4) is 22.6 Å². The molecule has 0 radical (unpaired) electrons. The SMILES string of the molecule is COCCN(C)CC=CC(=O)N1CCC(n2c(F)c(-c3ccc(Oc4ccccc4)cc3)c3c(N)ncnc32)C1. The predicted octanol–water partition coefficient (Wildman–Crippen LogP) is 4.52. The van der Waals surface area contributed by atoms with Gasteiger partial charge in [-0.25, -0.2) is 9.97 Å². The zero-order valence-electron chi connectivity index (χ0n) is 22.7. The van der Waals surface area contributed by atoms with Crippen LogP contribution in [0, 0.1) is 5.95 Å². The molecule has 1 amide bonds. The number of methoxy groups -OCH3 is 1. The van der Waals surface area contributed by atoms with Gasteiger partial charge in [0.15, 0.2) is 0 Å². The second-order valence-electron chi connectivity index (χ2n) is 9.82. The Labute approximate surface area is 232 Å². The number of amides is 1. The number of carbonyl (C=O) groups excluding carboxylic acids is 1. The van der Waals surface area contributed by atoms with E-state index in [4.69, 9.17) is 15.2 Å². The molecule has 9 nitrogen and oxygen atoms in total. The van der Waals surface area contributed by atoms with E-state index in [0.717, 1.165) is 6.54 Å². The second-order valence-corrected chi connectivity index (χ2v) is 9.82. The standard InChI is InChI=1S/C30H33FN6O3/c1-35(17-18-39-2)15-6-9-25(38)36-16-14-22(19-36)37-28(31)26(27-29(32)33-20-34-30(27)37)21-10-12-24(13-11-21)40-23-7-4-3-5-8-23/h3-13,20,22H,14-19H2,1-2H3,(H2,32,33,34). The molecule has 3 heterocycles. The Morgan fingerprint density at radius 1 is 1.15 bits per heavy atom. The number of anilines is 1. The summed E-state index contributed by atoms with van der Waals surface area (Å²) in [6, 6.07) is 16.3. The molecule has 0 spiro atoms. The van der Waals surface area contributed by atoms with Crippen LogP contribution < -0.4 is 10.5 Å². The Kier molecular flexibility index (Phi) is 8.37. The number of carbonyl (C=O) groups is 1. The van der Waals surface area contributed by atoms with Gasteiger partial charge in [0.25, 0.3) is 0 Å². The van der Waals surface area contributed by atoms with Crippen molar-refractivity contribution in [3.05, 3.63) is 79.0 Å². The number of nitrogens with zero attached hydrogens (tertiary/aromatic N) is 5. The number of nitrogens with two attached hydrogens (primary N) is 1. The number of para-hydroxylation sites is 1. The number of hydrogen-bond donors (Lipinski definition) is 1. The fourth-order valence-electron chi connectivity index (χ4n) is 4.97. The number of ether oxygens (including phenoxy) is 2. The Bertz CT molecular complexity index is 1490. The maximum atomic E-state index is 16.2. The number of hydrogen-bond acceptors (Lipinski definition) is 7. The van der Waals surface area contributed by atoms with Gasteiger partial charge in [-0.15, -0.1) is 0 Å². The van der Waals surface area contributed by atoms with E-state index in [-0.39, 0.29) is 17.8 Å². The van der Waals surface area contributed by atoms with E-state index in [1.807, 2.05) is 43.5 Å². The van der Waals surface area contributed by atoms with Crippen LogP contribution in [0.15, 0.2) is 73.1 Å². The van der Waals surface area contributed by atoms with E-state index in [1.54, 1.807) is 46.9 Å². The molecule has 0 saturated carbocycles. The molecule has 1 saturated heterocycles. The molecule has 4 aromatic rings. The highest BCUT2D eigenvalue weighted by molar-refractivity contribution is 6.01. The zero-order valence-corrected chi connectivity index (χ0v) is 22.7. The summed E-state index contributed by atoms with van der Waals surface area (Å²) in [5.74, 6) is 1.00. The third kappa shape index (κ3) is 5.83. The van der Waals surface area contributed by atoms with Crippen molar-refractivity contribution in [2.45, 2.75) is 12.5 Å². The minimum Gasteiger partial charge on any atom is -0.457 e. The Balaban J connectivity index is 1.37. The quantitative estimate of drug-likeness (QED) is 0.293. The number of fused-ring (bicyclic) bond motifs is 1. The maximum Gasteiger partial charge on any atom is 0.246 e. The molecule has 1 fully saturated rings. The highest BCUT2D eigenvalue weighted by atomic mass is 19.1. The highest BCUT2D eigenvalue weighted by Gasteiger charge is 2.32. The summed E-state index contributed by atoms with van der Waals surface area (Å²) in [5, 5.41) is 0.459. The fraction of sp³-hybridized carbons (Fsp3) is 0.300. The van der Waals surface area contributed by atoms with Gasteiger partial charge in [0.2, 0.25) is 11.9 Å². The van der Waals surface area contributed by atoms with Crippen LogP contribution in [0.4, 0.5) is 10.2 Å². The van der Waals surface area contributed by atoms with Gasteiger partial charge in [-0.1, -0.05) is 36.4 Å². The first-order valence-electron chi connectivity index (χ1n) is 13.2. The molecule has 1 atom stereocenters. The Hall–Kier alpha value is -4.28. The molecule has 1 aliphatic heterocycles. The lowest BCUT2D eigenvalue weighted by Crippen LogP contribution is -2.28. The third-order valence-electron chi connectivity index (χ3n) is 7.07. The molecule has 5 rings (SSSR count). The molecular formula is C30H33FN6O3. The summed E-state index contributed by atoms with van der Waals surface area (Å²) in [6.45, 7) is 2.93. The highest BCUT2D eigenvalue weighted by Crippen LogP contribution is 2.39. The number of nitrogen functional groups attached to an aromatic ring is 1. The van der Waals surface area contributed by atoms with Crippen LogP contribution >= 0.6 is 0 Å². The maximum absolute atomic E-state index is 16.2. The Morgan fingerprint density at radius 2 is 1.90 bits per heavy atom. The first kappa shape index (κ1) is 27.3. The van der Waals surface area contributed by atoms with E-state index in [9.17, 15) is 4.79 Å². The summed E-state index contributed by atoms with van der Waals surface area (Å²) in [4.78, 5) is 25.2. The van der Waals surface area contributed by atoms with E-state index < -0.39 is 5.95 Å². The van der Waals surface area contributed by atoms with Crippen LogP contribution in [-0.4, -0.2) is 77.2 Å². The van der Waals surface area contributed by atoms with Crippen LogP contribution in [0.25, 0.3) is 22.2 Å². The van der Waals surface area contributed by atoms with Gasteiger partial charge in [-0.2, -0.15) is 4.39 Å². The molecule has 2 N–H and O–H groups in total. The van der Waals surface area contributed by atoms with Crippen molar-refractivity contribution in [1.29, 1.82) is 0 Å². The number of likely N-dealkylation sites (N-methyl/N-ethyl adjacent to an activating group) is 1. The van der Waals surface area contributed by atoms with Crippen LogP contribution in [-0.2, 0) is 9.53 Å². The number of benzene rings is 2. The normalized spacial score (nSPS) is 15.5. The summed E-state index contributed by atoms with van der Waals surface area (Å²) < 4.78 is 28.8. The van der Waals surface area contributed by atoms with E-state index in [1.165, 1.54) is 6.33 Å². The van der Waals surface area contributed by atoms with Gasteiger partial charge in [0, 0.05) is 44.9 Å². The Morgan fingerprint density at radius 3 is 2.65 bits per heavy atom. The number of likely N-dealkylation sites (tertiary alicyclic amines) is 1. The van der Waals surface area contributed by atoms with Crippen molar-refractivity contribution in [3.63, 3.8) is 0 Å². The van der Waals surface area contributed by atoms with Gasteiger partial charge < -0.3 is 25.0 Å². The molecule has 2 aromatic heterocycles. The number of rotatable bonds is 10. The number of aromatic nitrogens is 3. The molecule has 10 heteroatoms. The van der Waals surface area contributed by atoms with Crippen molar-refractivity contribution < 1.29 is 18.7 Å². The predicted molar refractivity (Wildman–Crippen MR) is 153 cm³/mol. The molecule has 208 valence electrons. The topological polar surface area (TPSA) is 98.7 Å². The van der Waals surface area contributed by atoms with Crippen LogP contribution in [0.2, 0.25) is 0 Å². The van der Waals surface area contributed by atoms with E-state index >= 15 is 4.39 Å². The molecule has 1 unspecified atom stereocenters. The summed E-state index contributed by atoms with van der Waals surface area (Å²) in [7, 11) is 3.63. The molecule has 0 bridgehead atoms. The van der Waals surface area contributed by atoms with Gasteiger partial charge in [-0.3, -0.25) is 9.36 Å². The fourth-order valence-corrected chi connectivity index (χ4v) is 4.97. The molecule has 1 aliphatic rings. The van der Waals surface area contributed by atoms with Crippen molar-refractivity contribution in [2.24, 2.45) is 0 Å². The largest absolute Gasteiger partial charge is 0.457 e. The van der Waals surface area contributed by atoms with Gasteiger partial charge >= 0.3 is 0 Å². The molecular weight excluding hydrogens is 511 g/mol. The van der Waals surface area contributed by atoms with E-state index in [2.05, 4.69) is 14.9 Å². The van der Waals surface area contributed by atoms with Crippen LogP contribution in [0.1, 0.15) is 12.5 Å². The minimum absolute atomic E-state index is 0.0946. The van der Waals surface area contributed by atoms with Gasteiger partial charge in [0.1, 0.15) is 29.3 Å². The average Bonchev–Trinajstić information content (AvgIpc) is 3.56. The monoisotopic (exact) mass is 544 g/mol. The first-order valence-corrected chi connectivity index (χ1v) is 13.2. The average molecular weight is 545 g/mol. The third-order valence-corrected chi connectivity index (χ3v) is 7.07. The van der Waals surface area contributed by atoms with Gasteiger partial charge in [-0.05, 0) is 43.3 Å². The van der Waals surface area contributed by atoms with Crippen molar-refractivity contribution in [1.82, 2.24) is 24.3 Å². The van der Waals surface area contributed by atoms with Crippen LogP contribution in [0.5, 0.6) is 11.5 Å². The smallest absolute Gasteiger partial charge is 0.246 e. The lowest BCUT2D eigenvalue weighted by molar-refractivity contribution is -0.125. The minimum atomic E-state index is -0.450. The molecule has 2 aromatic carbocycles. The second kappa shape index (κ2) is 12.3. The summed E-state index contributed by atoms with van der Waals surface area (Å²) in [6.07, 6.45) is 5.37. The van der Waals surface area contributed by atoms with Crippen molar-refractivity contribution in [2.75, 3.05) is 52.7 Å². The van der Waals surface area contributed by atoms with E-state index in [0.29, 0.717) is 66.3 Å². The molecule has 40 heavy (non-hydrogen) atoms. The first-order chi connectivity index (χ1) is 19.5. The van der Waals surface area contributed by atoms with Crippen molar-refractivity contribution >= 4 is 22.8 Å². The number of halogens is 1. The lowest BCUT2D eigenvalue weighted by atomic mass is 10.1. The summed E-state index contributed by atoms with van der Waals surface area (Å²) >= 11 is 0. The lowest BCUT2D eigenvalue weighted by Gasteiger charge is -2.17. The molecule has 0 aliphatic carbocycles. The summed E-state index contributed by atoms with van der Waals surface area (Å²) in [5.41, 5.74) is 7.64. The van der Waals surface area contributed by atoms with Crippen LogP contribution in [0.3, 0.4) is 0 Å². The van der Waals surface area contributed by atoms with Gasteiger partial charge in [0.05, 0.1) is 18.0 Å².